The van der Waals surface area contributed by atoms with Gasteiger partial charge in [-0.25, -0.2) is 0 Å². The summed E-state index contributed by atoms with van der Waals surface area (Å²) in [6, 6.07) is 8.20. The quantitative estimate of drug-likeness (QED) is 0.892. The fraction of sp³-hybridized carbons (Fsp3) is 0.462. The lowest BCUT2D eigenvalue weighted by Gasteiger charge is -2.25. The van der Waals surface area contributed by atoms with Crippen molar-refractivity contribution in [3.05, 3.63) is 35.4 Å². The number of aryl methyl sites for hydroxylation is 1. The number of β-amino-alcohol motifs (C(OH)–C–C–N with tert-alkyl or cyclic N) is 1. The van der Waals surface area contributed by atoms with E-state index < -0.39 is 6.10 Å². The molecule has 17 heavy (non-hydrogen) atoms. The molecule has 2 rings (SSSR count). The van der Waals surface area contributed by atoms with Gasteiger partial charge in [-0.15, -0.1) is 11.8 Å². The second-order valence-corrected chi connectivity index (χ2v) is 5.54. The summed E-state index contributed by atoms with van der Waals surface area (Å²) in [6.07, 6.45) is -0.482. The van der Waals surface area contributed by atoms with Gasteiger partial charge < -0.3 is 10.0 Å². The number of thioether (sulfide) groups is 1. The van der Waals surface area contributed by atoms with Crippen LogP contribution in [0, 0.1) is 6.92 Å². The van der Waals surface area contributed by atoms with Crippen molar-refractivity contribution in [2.24, 2.45) is 0 Å². The summed E-state index contributed by atoms with van der Waals surface area (Å²) in [5.74, 6) is 0.619. The van der Waals surface area contributed by atoms with Crippen molar-refractivity contribution in [3.8, 4) is 0 Å². The normalized spacial score (nSPS) is 21.9. The van der Waals surface area contributed by atoms with E-state index in [9.17, 15) is 9.90 Å². The van der Waals surface area contributed by atoms with E-state index in [2.05, 4.69) is 6.07 Å². The molecule has 0 unspecified atom stereocenters. The number of aliphatic hydroxyl groups is 1. The van der Waals surface area contributed by atoms with Crippen molar-refractivity contribution < 1.29 is 9.90 Å². The molecule has 0 aliphatic carbocycles. The van der Waals surface area contributed by atoms with Crippen molar-refractivity contribution in [1.82, 2.24) is 4.90 Å². The Bertz CT molecular complexity index is 420. The van der Waals surface area contributed by atoms with Crippen LogP contribution in [0.1, 0.15) is 23.4 Å². The first-order valence-corrected chi connectivity index (χ1v) is 6.78. The summed E-state index contributed by atoms with van der Waals surface area (Å²) in [7, 11) is 0. The predicted octanol–water partition coefficient (Wildman–Crippen LogP) is 1.95. The topological polar surface area (TPSA) is 40.5 Å². The molecule has 1 heterocycles. The van der Waals surface area contributed by atoms with Crippen LogP contribution in [0.15, 0.2) is 24.3 Å². The lowest BCUT2D eigenvalue weighted by Crippen LogP contribution is -2.34. The molecule has 1 aromatic rings. The Hall–Kier alpha value is -1.00. The highest BCUT2D eigenvalue weighted by Gasteiger charge is 2.33. The van der Waals surface area contributed by atoms with Gasteiger partial charge in [0, 0.05) is 6.54 Å². The molecule has 4 heteroatoms. The van der Waals surface area contributed by atoms with Crippen LogP contribution < -0.4 is 0 Å². The zero-order valence-electron chi connectivity index (χ0n) is 10.1. The minimum absolute atomic E-state index is 0.0528. The first kappa shape index (κ1) is 12.5. The molecule has 1 aliphatic heterocycles. The van der Waals surface area contributed by atoms with Gasteiger partial charge in [0.05, 0.1) is 11.9 Å². The zero-order chi connectivity index (χ0) is 12.4. The van der Waals surface area contributed by atoms with Crippen molar-refractivity contribution in [2.75, 3.05) is 12.3 Å². The summed E-state index contributed by atoms with van der Waals surface area (Å²) in [5, 5.41) is 9.50. The number of nitrogens with zero attached hydrogens (tertiary/aromatic N) is 1. The molecule has 0 spiro atoms. The maximum atomic E-state index is 11.8. The number of amides is 1. The van der Waals surface area contributed by atoms with E-state index in [4.69, 9.17) is 0 Å². The van der Waals surface area contributed by atoms with Crippen LogP contribution in [0.25, 0.3) is 0 Å². The van der Waals surface area contributed by atoms with Crippen LogP contribution in [0.2, 0.25) is 0 Å². The maximum absolute atomic E-state index is 11.8. The van der Waals surface area contributed by atoms with Crippen LogP contribution in [0.5, 0.6) is 0 Å². The Kier molecular flexibility index (Phi) is 3.74. The van der Waals surface area contributed by atoms with Gasteiger partial charge in [-0.1, -0.05) is 29.8 Å². The van der Waals surface area contributed by atoms with Gasteiger partial charge in [-0.05, 0) is 19.4 Å². The molecule has 0 saturated carbocycles. The first-order valence-electron chi connectivity index (χ1n) is 5.73. The Morgan fingerprint density at radius 3 is 3.00 bits per heavy atom. The summed E-state index contributed by atoms with van der Waals surface area (Å²) in [4.78, 5) is 13.5. The molecule has 1 saturated heterocycles. The molecule has 1 fully saturated rings. The Balaban J connectivity index is 2.22. The number of aliphatic hydroxyl groups excluding tert-OH is 1. The van der Waals surface area contributed by atoms with Gasteiger partial charge in [-0.3, -0.25) is 4.79 Å². The molecule has 0 radical (unpaired) electrons. The van der Waals surface area contributed by atoms with Gasteiger partial charge in [0.15, 0.2) is 0 Å². The number of carbonyl (C=O) groups is 1. The second kappa shape index (κ2) is 5.10. The molecule has 92 valence electrons. The van der Waals surface area contributed by atoms with Gasteiger partial charge in [-0.2, -0.15) is 0 Å². The zero-order valence-corrected chi connectivity index (χ0v) is 10.9. The summed E-state index contributed by atoms with van der Waals surface area (Å²) in [6.45, 7) is 4.16. The number of benzene rings is 1. The number of hydrogen-bond acceptors (Lipinski definition) is 3. The Labute approximate surface area is 106 Å². The van der Waals surface area contributed by atoms with Crippen molar-refractivity contribution in [1.29, 1.82) is 0 Å². The van der Waals surface area contributed by atoms with Crippen molar-refractivity contribution >= 4 is 17.7 Å². The second-order valence-electron chi connectivity index (χ2n) is 4.47. The Morgan fingerprint density at radius 2 is 2.35 bits per heavy atom. The minimum atomic E-state index is -0.482. The fourth-order valence-electron chi connectivity index (χ4n) is 2.04. The van der Waals surface area contributed by atoms with E-state index in [1.165, 1.54) is 5.56 Å². The van der Waals surface area contributed by atoms with Gasteiger partial charge >= 0.3 is 0 Å². The highest BCUT2D eigenvalue weighted by Crippen LogP contribution is 2.38. The molecule has 0 bridgehead atoms. The number of hydrogen-bond donors (Lipinski definition) is 1. The fourth-order valence-corrected chi connectivity index (χ4v) is 3.22. The lowest BCUT2D eigenvalue weighted by atomic mass is 10.1. The van der Waals surface area contributed by atoms with E-state index >= 15 is 0 Å². The van der Waals surface area contributed by atoms with Crippen LogP contribution in [-0.2, 0) is 4.79 Å². The predicted molar refractivity (Wildman–Crippen MR) is 69.8 cm³/mol. The number of rotatable bonds is 3. The molecule has 0 aromatic heterocycles. The molecule has 1 aromatic carbocycles. The third kappa shape index (κ3) is 2.82. The van der Waals surface area contributed by atoms with Crippen molar-refractivity contribution in [2.45, 2.75) is 25.3 Å². The third-order valence-electron chi connectivity index (χ3n) is 2.76. The van der Waals surface area contributed by atoms with Crippen LogP contribution >= 0.6 is 11.8 Å². The van der Waals surface area contributed by atoms with E-state index in [1.807, 2.05) is 25.1 Å². The standard InChI is InChI=1S/C13H17NO2S/c1-9-4-3-5-11(6-9)13-14(7-10(2)15)12(16)8-17-13/h3-6,10,13,15H,7-8H2,1-2H3/t10-,13-/m0/s1. The highest BCUT2D eigenvalue weighted by atomic mass is 32.2. The summed E-state index contributed by atoms with van der Waals surface area (Å²) >= 11 is 1.63. The third-order valence-corrected chi connectivity index (χ3v) is 4.01. The van der Waals surface area contributed by atoms with Gasteiger partial charge in [0.1, 0.15) is 5.37 Å². The minimum Gasteiger partial charge on any atom is -0.392 e. The van der Waals surface area contributed by atoms with Crippen LogP contribution in [0.3, 0.4) is 0 Å². The molecular weight excluding hydrogens is 234 g/mol. The van der Waals surface area contributed by atoms with Crippen molar-refractivity contribution in [3.63, 3.8) is 0 Å². The van der Waals surface area contributed by atoms with E-state index in [0.717, 1.165) is 5.56 Å². The highest BCUT2D eigenvalue weighted by molar-refractivity contribution is 8.00. The van der Waals surface area contributed by atoms with E-state index in [0.29, 0.717) is 12.3 Å². The van der Waals surface area contributed by atoms with E-state index in [1.54, 1.807) is 23.6 Å². The maximum Gasteiger partial charge on any atom is 0.233 e. The largest absolute Gasteiger partial charge is 0.392 e. The molecular formula is C13H17NO2S. The van der Waals surface area contributed by atoms with Gasteiger partial charge in [0.25, 0.3) is 0 Å². The lowest BCUT2D eigenvalue weighted by molar-refractivity contribution is -0.129. The smallest absolute Gasteiger partial charge is 0.233 e. The van der Waals surface area contributed by atoms with Crippen LogP contribution in [-0.4, -0.2) is 34.3 Å². The average Bonchev–Trinajstić information content (AvgIpc) is 2.60. The first-order chi connectivity index (χ1) is 8.08. The molecule has 1 aliphatic rings. The Morgan fingerprint density at radius 1 is 1.59 bits per heavy atom. The van der Waals surface area contributed by atoms with Gasteiger partial charge in [0.2, 0.25) is 5.91 Å². The monoisotopic (exact) mass is 251 g/mol. The molecule has 1 amide bonds. The van der Waals surface area contributed by atoms with E-state index in [-0.39, 0.29) is 11.3 Å². The molecule has 3 nitrogen and oxygen atoms in total. The molecule has 2 atom stereocenters. The SMILES string of the molecule is Cc1cccc([C@@H]2SCC(=O)N2C[C@H](C)O)c1. The molecule has 1 N–H and O–H groups in total. The summed E-state index contributed by atoms with van der Waals surface area (Å²) < 4.78 is 0. The summed E-state index contributed by atoms with van der Waals surface area (Å²) in [5.41, 5.74) is 2.33. The number of carbonyl (C=O) groups excluding carboxylic acids is 1. The average molecular weight is 251 g/mol. The van der Waals surface area contributed by atoms with Crippen LogP contribution in [0.4, 0.5) is 0 Å².